The van der Waals surface area contributed by atoms with Crippen molar-refractivity contribution >= 4 is 17.3 Å². The Morgan fingerprint density at radius 3 is 2.12 bits per heavy atom. The van der Waals surface area contributed by atoms with Crippen LogP contribution >= 0.6 is 0 Å². The maximum Gasteiger partial charge on any atom is 0.185 e. The lowest BCUT2D eigenvalue weighted by Crippen LogP contribution is -2.27. The van der Waals surface area contributed by atoms with E-state index in [1.807, 2.05) is 19.0 Å². The van der Waals surface area contributed by atoms with Crippen LogP contribution in [-0.2, 0) is 14.4 Å². The predicted octanol–water partition coefficient (Wildman–Crippen LogP) is 3.01. The second kappa shape index (κ2) is 9.38. The van der Waals surface area contributed by atoms with E-state index >= 15 is 0 Å². The first-order chi connectivity index (χ1) is 12.0. The van der Waals surface area contributed by atoms with E-state index in [4.69, 9.17) is 0 Å². The zero-order valence-electron chi connectivity index (χ0n) is 17.1. The second-order valence-corrected chi connectivity index (χ2v) is 7.95. The monoisotopic (exact) mass is 363 g/mol. The van der Waals surface area contributed by atoms with Gasteiger partial charge in [0.05, 0.1) is 5.60 Å². The van der Waals surface area contributed by atoms with Crippen molar-refractivity contribution < 1.29 is 19.5 Å². The molecular weight excluding hydrogens is 330 g/mol. The van der Waals surface area contributed by atoms with Crippen molar-refractivity contribution in [3.63, 3.8) is 0 Å². The molecule has 0 aromatic rings. The molecule has 5 nitrogen and oxygen atoms in total. The summed E-state index contributed by atoms with van der Waals surface area (Å²) >= 11 is 0. The summed E-state index contributed by atoms with van der Waals surface area (Å²) in [5.41, 5.74) is 0.944. The van der Waals surface area contributed by atoms with Crippen molar-refractivity contribution in [1.82, 2.24) is 4.90 Å². The minimum Gasteiger partial charge on any atom is -0.390 e. The molecule has 1 aliphatic rings. The van der Waals surface area contributed by atoms with Gasteiger partial charge in [0, 0.05) is 35.1 Å². The highest BCUT2D eigenvalue weighted by molar-refractivity contribution is 6.24. The highest BCUT2D eigenvalue weighted by Crippen LogP contribution is 2.30. The number of carbonyl (C=O) groups is 3. The normalized spacial score (nSPS) is 18.0. The summed E-state index contributed by atoms with van der Waals surface area (Å²) in [4.78, 5) is 38.6. The lowest BCUT2D eigenvalue weighted by molar-refractivity contribution is -0.120. The Labute approximate surface area is 157 Å². The second-order valence-electron chi connectivity index (χ2n) is 7.95. The number of ketones is 3. The molecule has 0 bridgehead atoms. The molecule has 0 heterocycles. The van der Waals surface area contributed by atoms with Crippen molar-refractivity contribution in [2.24, 2.45) is 0 Å². The van der Waals surface area contributed by atoms with E-state index in [0.29, 0.717) is 54.4 Å². The molecule has 0 saturated carbocycles. The average molecular weight is 363 g/mol. The van der Waals surface area contributed by atoms with Crippen LogP contribution in [0.5, 0.6) is 0 Å². The highest BCUT2D eigenvalue weighted by Gasteiger charge is 2.30. The van der Waals surface area contributed by atoms with Gasteiger partial charge in [-0.25, -0.2) is 0 Å². The fourth-order valence-electron chi connectivity index (χ4n) is 3.10. The summed E-state index contributed by atoms with van der Waals surface area (Å²) in [7, 11) is 3.95. The van der Waals surface area contributed by atoms with E-state index in [2.05, 4.69) is 0 Å². The fraction of sp³-hybridized carbons (Fsp3) is 0.667. The van der Waals surface area contributed by atoms with Gasteiger partial charge in [0.1, 0.15) is 5.78 Å². The quantitative estimate of drug-likeness (QED) is 0.604. The molecule has 0 radical (unpaired) electrons. The summed E-state index contributed by atoms with van der Waals surface area (Å²) in [6.07, 6.45) is 2.76. The minimum absolute atomic E-state index is 0.0900. The number of hydrogen-bond donors (Lipinski definition) is 1. The summed E-state index contributed by atoms with van der Waals surface area (Å²) in [5.74, 6) is -0.0381. The van der Waals surface area contributed by atoms with Gasteiger partial charge in [-0.2, -0.15) is 0 Å². The number of carbonyl (C=O) groups excluding carboxylic acids is 3. The van der Waals surface area contributed by atoms with Gasteiger partial charge < -0.3 is 10.0 Å². The zero-order valence-corrected chi connectivity index (χ0v) is 17.1. The summed E-state index contributed by atoms with van der Waals surface area (Å²) < 4.78 is 0. The first kappa shape index (κ1) is 22.5. The molecule has 146 valence electrons. The Morgan fingerprint density at radius 2 is 1.54 bits per heavy atom. The molecule has 0 amide bonds. The van der Waals surface area contributed by atoms with Gasteiger partial charge >= 0.3 is 0 Å². The topological polar surface area (TPSA) is 74.7 Å². The van der Waals surface area contributed by atoms with Crippen LogP contribution in [0.25, 0.3) is 0 Å². The number of hydrogen-bond acceptors (Lipinski definition) is 5. The van der Waals surface area contributed by atoms with Gasteiger partial charge in [-0.1, -0.05) is 0 Å². The van der Waals surface area contributed by atoms with Crippen LogP contribution < -0.4 is 0 Å². The third kappa shape index (κ3) is 6.29. The van der Waals surface area contributed by atoms with E-state index in [0.717, 1.165) is 13.0 Å². The highest BCUT2D eigenvalue weighted by atomic mass is 16.3. The summed E-state index contributed by atoms with van der Waals surface area (Å²) in [5, 5.41) is 10.6. The van der Waals surface area contributed by atoms with Crippen LogP contribution in [-0.4, -0.2) is 53.6 Å². The Kier molecular flexibility index (Phi) is 8.10. The van der Waals surface area contributed by atoms with Crippen molar-refractivity contribution in [3.05, 3.63) is 22.3 Å². The van der Waals surface area contributed by atoms with Crippen LogP contribution in [0.1, 0.15) is 66.2 Å². The third-order valence-electron chi connectivity index (χ3n) is 5.23. The van der Waals surface area contributed by atoms with Crippen molar-refractivity contribution in [1.29, 1.82) is 0 Å². The maximum absolute atomic E-state index is 12.4. The number of allylic oxidation sites excluding steroid dienone is 4. The molecule has 0 saturated heterocycles. The summed E-state index contributed by atoms with van der Waals surface area (Å²) in [6.45, 7) is 7.59. The Balaban J connectivity index is 2.56. The molecule has 0 aromatic heterocycles. The van der Waals surface area contributed by atoms with Gasteiger partial charge in [0.15, 0.2) is 11.6 Å². The van der Waals surface area contributed by atoms with Gasteiger partial charge in [-0.3, -0.25) is 14.4 Å². The average Bonchev–Trinajstić information content (AvgIpc) is 2.56. The SMILES string of the molecule is CC1=C(C)C(=O)C(CCC(C)(O)CCC(=O)CCCN(C)C)=C(C)C1=O. The molecule has 26 heavy (non-hydrogen) atoms. The van der Waals surface area contributed by atoms with Gasteiger partial charge in [-0.15, -0.1) is 0 Å². The minimum atomic E-state index is -1.03. The van der Waals surface area contributed by atoms with Crippen LogP contribution in [0, 0.1) is 0 Å². The zero-order chi connectivity index (χ0) is 20.1. The molecule has 1 N–H and O–H groups in total. The smallest absolute Gasteiger partial charge is 0.185 e. The predicted molar refractivity (Wildman–Crippen MR) is 103 cm³/mol. The molecule has 0 spiro atoms. The van der Waals surface area contributed by atoms with Crippen LogP contribution in [0.3, 0.4) is 0 Å². The van der Waals surface area contributed by atoms with Crippen LogP contribution in [0.2, 0.25) is 0 Å². The molecule has 0 aromatic carbocycles. The molecule has 1 aliphatic carbocycles. The van der Waals surface area contributed by atoms with E-state index < -0.39 is 5.60 Å². The number of nitrogens with zero attached hydrogens (tertiary/aromatic N) is 1. The van der Waals surface area contributed by atoms with Crippen molar-refractivity contribution in [2.75, 3.05) is 20.6 Å². The largest absolute Gasteiger partial charge is 0.390 e. The maximum atomic E-state index is 12.4. The molecule has 0 fully saturated rings. The first-order valence-corrected chi connectivity index (χ1v) is 9.31. The van der Waals surface area contributed by atoms with Crippen molar-refractivity contribution in [3.8, 4) is 0 Å². The lowest BCUT2D eigenvalue weighted by Gasteiger charge is -2.25. The number of Topliss-reactive ketones (excluding diaryl/α,β-unsaturated/α-hetero) is 3. The molecule has 1 atom stereocenters. The molecule has 5 heteroatoms. The standard InChI is InChI=1S/C21H33NO4/c1-14-15(2)20(25)18(16(3)19(14)24)10-12-21(4,26)11-9-17(23)8-7-13-22(5)6/h26H,7-13H2,1-6H3. The summed E-state index contributed by atoms with van der Waals surface area (Å²) in [6, 6.07) is 0. The fourth-order valence-corrected chi connectivity index (χ4v) is 3.10. The Hall–Kier alpha value is -1.59. The number of rotatable bonds is 10. The van der Waals surface area contributed by atoms with Crippen LogP contribution in [0.4, 0.5) is 0 Å². The third-order valence-corrected chi connectivity index (χ3v) is 5.23. The van der Waals surface area contributed by atoms with E-state index in [-0.39, 0.29) is 17.3 Å². The lowest BCUT2D eigenvalue weighted by atomic mass is 9.81. The molecule has 0 aliphatic heterocycles. The van der Waals surface area contributed by atoms with Gasteiger partial charge in [0.2, 0.25) is 0 Å². The van der Waals surface area contributed by atoms with Gasteiger partial charge in [0.25, 0.3) is 0 Å². The Morgan fingerprint density at radius 1 is 0.962 bits per heavy atom. The molecule has 1 unspecified atom stereocenters. The van der Waals surface area contributed by atoms with E-state index in [9.17, 15) is 19.5 Å². The first-order valence-electron chi connectivity index (χ1n) is 9.31. The van der Waals surface area contributed by atoms with Gasteiger partial charge in [-0.05, 0) is 74.0 Å². The Bertz CT molecular complexity index is 638. The van der Waals surface area contributed by atoms with Crippen LogP contribution in [0.15, 0.2) is 22.3 Å². The van der Waals surface area contributed by atoms with Crippen molar-refractivity contribution in [2.45, 2.75) is 71.8 Å². The number of aliphatic hydroxyl groups is 1. The van der Waals surface area contributed by atoms with E-state index in [1.54, 1.807) is 27.7 Å². The van der Waals surface area contributed by atoms with E-state index in [1.165, 1.54) is 0 Å². The molecule has 1 rings (SSSR count). The molecular formula is C21H33NO4.